The van der Waals surface area contributed by atoms with E-state index in [4.69, 9.17) is 5.11 Å². The number of amides is 3. The van der Waals surface area contributed by atoms with Crippen molar-refractivity contribution in [2.24, 2.45) is 5.92 Å². The molecule has 3 aliphatic rings. The van der Waals surface area contributed by atoms with Crippen LogP contribution in [0.5, 0.6) is 0 Å². The summed E-state index contributed by atoms with van der Waals surface area (Å²) in [7, 11) is 0. The van der Waals surface area contributed by atoms with Gasteiger partial charge < -0.3 is 20.6 Å². The number of hydrogen-bond acceptors (Lipinski definition) is 5. The molecule has 0 spiro atoms. The second kappa shape index (κ2) is 10.5. The van der Waals surface area contributed by atoms with Gasteiger partial charge in [-0.15, -0.1) is 0 Å². The van der Waals surface area contributed by atoms with E-state index in [1.54, 1.807) is 12.1 Å². The fourth-order valence-electron chi connectivity index (χ4n) is 5.35. The molecule has 1 atom stereocenters. The van der Waals surface area contributed by atoms with E-state index in [-0.39, 0.29) is 30.1 Å². The van der Waals surface area contributed by atoms with E-state index < -0.39 is 12.0 Å². The number of halogens is 1. The summed E-state index contributed by atoms with van der Waals surface area (Å²) in [5.41, 5.74) is 1.18. The zero-order valence-corrected chi connectivity index (χ0v) is 18.8. The van der Waals surface area contributed by atoms with Crippen LogP contribution in [0.15, 0.2) is 18.2 Å². The van der Waals surface area contributed by atoms with Gasteiger partial charge >= 0.3 is 6.09 Å². The van der Waals surface area contributed by atoms with Crippen molar-refractivity contribution >= 4 is 23.6 Å². The van der Waals surface area contributed by atoms with Gasteiger partial charge in [0.15, 0.2) is 0 Å². The van der Waals surface area contributed by atoms with Crippen LogP contribution in [-0.2, 0) is 9.59 Å². The molecule has 3 fully saturated rings. The highest BCUT2D eigenvalue weighted by Crippen LogP contribution is 2.30. The van der Waals surface area contributed by atoms with Gasteiger partial charge in [0, 0.05) is 31.6 Å². The number of imide groups is 1. The van der Waals surface area contributed by atoms with Gasteiger partial charge in [-0.1, -0.05) is 6.07 Å². The third kappa shape index (κ3) is 6.01. The number of nitrogens with one attached hydrogen (secondary N) is 3. The maximum Gasteiger partial charge on any atom is 0.404 e. The lowest BCUT2D eigenvalue weighted by Gasteiger charge is -2.36. The highest BCUT2D eigenvalue weighted by molar-refractivity contribution is 6.00. The largest absolute Gasteiger partial charge is 0.465 e. The molecule has 1 aromatic carbocycles. The van der Waals surface area contributed by atoms with E-state index in [1.165, 1.54) is 6.07 Å². The average Bonchev–Trinajstić information content (AvgIpc) is 2.79. The smallest absolute Gasteiger partial charge is 0.404 e. The predicted molar refractivity (Wildman–Crippen MR) is 122 cm³/mol. The van der Waals surface area contributed by atoms with Crippen molar-refractivity contribution in [2.75, 3.05) is 24.5 Å². The molecule has 2 heterocycles. The van der Waals surface area contributed by atoms with Crippen LogP contribution in [0.4, 0.5) is 14.9 Å². The Labute approximate surface area is 193 Å². The number of piperidine rings is 2. The van der Waals surface area contributed by atoms with Gasteiger partial charge in [-0.25, -0.2) is 9.18 Å². The van der Waals surface area contributed by atoms with Crippen LogP contribution >= 0.6 is 0 Å². The van der Waals surface area contributed by atoms with Crippen molar-refractivity contribution in [3.63, 3.8) is 0 Å². The Balaban J connectivity index is 1.22. The Hall–Kier alpha value is -2.68. The summed E-state index contributed by atoms with van der Waals surface area (Å²) in [6, 6.07) is 5.49. The van der Waals surface area contributed by atoms with Gasteiger partial charge in [0.1, 0.15) is 5.82 Å². The summed E-state index contributed by atoms with van der Waals surface area (Å²) < 4.78 is 14.9. The number of hydrogen-bond donors (Lipinski definition) is 4. The quantitative estimate of drug-likeness (QED) is 0.486. The summed E-state index contributed by atoms with van der Waals surface area (Å²) in [6.07, 6.45) is 5.47. The minimum atomic E-state index is -0.939. The van der Waals surface area contributed by atoms with Crippen LogP contribution in [0.2, 0.25) is 0 Å². The molecule has 2 aliphatic heterocycles. The SMILES string of the molecule is O=C1CCC(c2ccc(N3CCC(NC[C@H]4CC[C@H](NC(=O)O)CC4)CC3)c(F)c2)C(=O)N1. The Morgan fingerprint density at radius 2 is 1.79 bits per heavy atom. The lowest BCUT2D eigenvalue weighted by molar-refractivity contribution is -0.134. The minimum absolute atomic E-state index is 0.0817. The Bertz CT molecular complexity index is 879. The number of carbonyl (C=O) groups excluding carboxylic acids is 2. The van der Waals surface area contributed by atoms with Gasteiger partial charge in [0.25, 0.3) is 0 Å². The van der Waals surface area contributed by atoms with Crippen molar-refractivity contribution in [1.29, 1.82) is 0 Å². The Morgan fingerprint density at radius 3 is 2.42 bits per heavy atom. The minimum Gasteiger partial charge on any atom is -0.465 e. The van der Waals surface area contributed by atoms with Crippen LogP contribution in [-0.4, -0.2) is 54.7 Å². The van der Waals surface area contributed by atoms with Crippen LogP contribution in [0.1, 0.15) is 62.8 Å². The summed E-state index contributed by atoms with van der Waals surface area (Å²) in [5, 5.41) is 17.4. The molecule has 1 aromatic rings. The van der Waals surface area contributed by atoms with Gasteiger partial charge in [0.05, 0.1) is 11.6 Å². The fourth-order valence-corrected chi connectivity index (χ4v) is 5.35. The molecule has 0 bridgehead atoms. The maximum absolute atomic E-state index is 14.9. The number of benzene rings is 1. The topological polar surface area (TPSA) is 111 Å². The Morgan fingerprint density at radius 1 is 1.06 bits per heavy atom. The molecule has 1 unspecified atom stereocenters. The van der Waals surface area contributed by atoms with E-state index in [1.807, 2.05) is 0 Å². The molecular formula is C24H33FN4O4. The summed E-state index contributed by atoms with van der Waals surface area (Å²) in [4.78, 5) is 36.3. The van der Waals surface area contributed by atoms with Crippen molar-refractivity contribution in [3.8, 4) is 0 Å². The summed E-state index contributed by atoms with van der Waals surface area (Å²) in [6.45, 7) is 2.47. The van der Waals surface area contributed by atoms with Crippen molar-refractivity contribution in [3.05, 3.63) is 29.6 Å². The molecule has 2 saturated heterocycles. The molecule has 0 radical (unpaired) electrons. The monoisotopic (exact) mass is 460 g/mol. The fraction of sp³-hybridized carbons (Fsp3) is 0.625. The summed E-state index contributed by atoms with van der Waals surface area (Å²) >= 11 is 0. The normalized spacial score (nSPS) is 26.7. The van der Waals surface area contributed by atoms with Gasteiger partial charge in [0.2, 0.25) is 11.8 Å². The van der Waals surface area contributed by atoms with E-state index >= 15 is 0 Å². The second-order valence-electron chi connectivity index (χ2n) is 9.55. The number of carbonyl (C=O) groups is 3. The Kier molecular flexibility index (Phi) is 7.47. The number of rotatable bonds is 6. The van der Waals surface area contributed by atoms with Crippen LogP contribution < -0.4 is 20.9 Å². The predicted octanol–water partition coefficient (Wildman–Crippen LogP) is 2.73. The van der Waals surface area contributed by atoms with Crippen LogP contribution in [0.25, 0.3) is 0 Å². The molecule has 33 heavy (non-hydrogen) atoms. The van der Waals surface area contributed by atoms with Gasteiger partial charge in [-0.2, -0.15) is 0 Å². The van der Waals surface area contributed by atoms with Crippen molar-refractivity contribution in [2.45, 2.75) is 69.4 Å². The van der Waals surface area contributed by atoms with Gasteiger partial charge in [-0.05, 0) is 75.1 Å². The average molecular weight is 461 g/mol. The molecule has 4 N–H and O–H groups in total. The first kappa shape index (κ1) is 23.5. The molecule has 1 aliphatic carbocycles. The van der Waals surface area contributed by atoms with Crippen LogP contribution in [0, 0.1) is 11.7 Å². The zero-order valence-electron chi connectivity index (χ0n) is 18.8. The standard InChI is InChI=1S/C24H33FN4O4/c25-20-13-16(19-6-8-22(30)28-23(19)31)3-7-21(20)29-11-9-17(10-12-29)26-14-15-1-4-18(5-2-15)27-24(32)33/h3,7,13,15,17-19,26-27H,1-2,4-6,8-12,14H2,(H,32,33)(H,28,30,31)/t15-,18-,19?. The number of anilines is 1. The first-order valence-corrected chi connectivity index (χ1v) is 12.0. The lowest BCUT2D eigenvalue weighted by Crippen LogP contribution is -2.45. The third-order valence-corrected chi connectivity index (χ3v) is 7.32. The molecular weight excluding hydrogens is 427 g/mol. The first-order valence-electron chi connectivity index (χ1n) is 12.0. The van der Waals surface area contributed by atoms with Gasteiger partial charge in [-0.3, -0.25) is 14.9 Å². The zero-order chi connectivity index (χ0) is 23.4. The van der Waals surface area contributed by atoms with Crippen LogP contribution in [0.3, 0.4) is 0 Å². The second-order valence-corrected chi connectivity index (χ2v) is 9.55. The molecule has 1 saturated carbocycles. The molecule has 3 amide bonds. The van der Waals surface area contributed by atoms with E-state index in [9.17, 15) is 18.8 Å². The third-order valence-electron chi connectivity index (χ3n) is 7.32. The molecule has 180 valence electrons. The van der Waals surface area contributed by atoms with E-state index in [0.717, 1.165) is 58.2 Å². The van der Waals surface area contributed by atoms with Crippen molar-refractivity contribution in [1.82, 2.24) is 16.0 Å². The first-order chi connectivity index (χ1) is 15.9. The molecule has 0 aromatic heterocycles. The lowest BCUT2D eigenvalue weighted by atomic mass is 9.85. The molecule has 8 nitrogen and oxygen atoms in total. The van der Waals surface area contributed by atoms with Crippen molar-refractivity contribution < 1.29 is 23.9 Å². The maximum atomic E-state index is 14.9. The highest BCUT2D eigenvalue weighted by Gasteiger charge is 2.29. The molecule has 9 heteroatoms. The van der Waals surface area contributed by atoms with E-state index in [0.29, 0.717) is 29.6 Å². The summed E-state index contributed by atoms with van der Waals surface area (Å²) in [5.74, 6) is -0.844. The van der Waals surface area contributed by atoms with E-state index in [2.05, 4.69) is 20.9 Å². The molecule has 4 rings (SSSR count). The number of nitrogens with zero attached hydrogens (tertiary/aromatic N) is 1. The number of carboxylic acid groups (broad SMARTS) is 1. The highest BCUT2D eigenvalue weighted by atomic mass is 19.1.